The minimum atomic E-state index is -0.199. The smallest absolute Gasteiger partial charge is 0.320 e. The van der Waals surface area contributed by atoms with Crippen LogP contribution >= 0.6 is 0 Å². The number of ether oxygens (including phenoxy) is 3. The minimum Gasteiger partial charge on any atom is -0.460 e. The van der Waals surface area contributed by atoms with Gasteiger partial charge in [0.25, 0.3) is 0 Å². The highest BCUT2D eigenvalue weighted by Gasteiger charge is 2.31. The number of epoxide rings is 2. The molecule has 20 heavy (non-hydrogen) atoms. The first-order chi connectivity index (χ1) is 9.79. The van der Waals surface area contributed by atoms with Gasteiger partial charge in [-0.1, -0.05) is 30.3 Å². The molecule has 2 atom stereocenters. The lowest BCUT2D eigenvalue weighted by Crippen LogP contribution is -2.36. The van der Waals surface area contributed by atoms with E-state index < -0.39 is 0 Å². The van der Waals surface area contributed by atoms with Crippen LogP contribution in [0.1, 0.15) is 5.56 Å². The molecule has 2 heterocycles. The second-order valence-corrected chi connectivity index (χ2v) is 5.25. The Labute approximate surface area is 118 Å². The third-order valence-electron chi connectivity index (χ3n) is 3.32. The molecule has 2 saturated heterocycles. The maximum absolute atomic E-state index is 11.9. The molecular formula is C15H19NO4. The monoisotopic (exact) mass is 277 g/mol. The van der Waals surface area contributed by atoms with Gasteiger partial charge in [0, 0.05) is 13.1 Å². The molecule has 0 spiro atoms. The average molecular weight is 277 g/mol. The molecule has 0 aromatic heterocycles. The number of nitrogens with zero attached hydrogens (tertiary/aromatic N) is 1. The molecule has 0 amide bonds. The van der Waals surface area contributed by atoms with E-state index >= 15 is 0 Å². The van der Waals surface area contributed by atoms with Gasteiger partial charge in [-0.3, -0.25) is 9.69 Å². The van der Waals surface area contributed by atoms with Crippen molar-refractivity contribution in [2.45, 2.75) is 18.8 Å². The summed E-state index contributed by atoms with van der Waals surface area (Å²) >= 11 is 0. The molecule has 0 aliphatic carbocycles. The summed E-state index contributed by atoms with van der Waals surface area (Å²) in [5.74, 6) is -0.199. The van der Waals surface area contributed by atoms with E-state index in [0.29, 0.717) is 13.2 Å². The molecule has 2 fully saturated rings. The topological polar surface area (TPSA) is 54.6 Å². The summed E-state index contributed by atoms with van der Waals surface area (Å²) in [5, 5.41) is 0. The zero-order valence-corrected chi connectivity index (χ0v) is 11.4. The second kappa shape index (κ2) is 6.35. The van der Waals surface area contributed by atoms with Crippen LogP contribution in [0.5, 0.6) is 0 Å². The molecule has 5 nitrogen and oxygen atoms in total. The second-order valence-electron chi connectivity index (χ2n) is 5.25. The Hall–Kier alpha value is -1.43. The first-order valence-corrected chi connectivity index (χ1v) is 6.95. The lowest BCUT2D eigenvalue weighted by Gasteiger charge is -2.19. The summed E-state index contributed by atoms with van der Waals surface area (Å²) in [7, 11) is 0. The van der Waals surface area contributed by atoms with E-state index in [1.807, 2.05) is 30.3 Å². The summed E-state index contributed by atoms with van der Waals surface area (Å²) in [6.07, 6.45) is 0.548. The van der Waals surface area contributed by atoms with Crippen LogP contribution in [0.4, 0.5) is 0 Å². The van der Waals surface area contributed by atoms with Crippen LogP contribution in [0.15, 0.2) is 30.3 Å². The van der Waals surface area contributed by atoms with Crippen molar-refractivity contribution in [1.29, 1.82) is 0 Å². The fraction of sp³-hybridized carbons (Fsp3) is 0.533. The molecule has 5 heteroatoms. The molecule has 2 aliphatic heterocycles. The molecule has 0 radical (unpaired) electrons. The van der Waals surface area contributed by atoms with Crippen molar-refractivity contribution < 1.29 is 19.0 Å². The van der Waals surface area contributed by atoms with Crippen molar-refractivity contribution in [2.24, 2.45) is 0 Å². The first kappa shape index (κ1) is 13.5. The van der Waals surface area contributed by atoms with Crippen LogP contribution in [0.25, 0.3) is 0 Å². The Morgan fingerprint density at radius 3 is 2.30 bits per heavy atom. The largest absolute Gasteiger partial charge is 0.460 e. The summed E-state index contributed by atoms with van der Waals surface area (Å²) in [5.41, 5.74) is 1.00. The normalized spacial score (nSPS) is 23.6. The van der Waals surface area contributed by atoms with Gasteiger partial charge in [-0.05, 0) is 5.56 Å². The molecule has 2 unspecified atom stereocenters. The number of hydrogen-bond acceptors (Lipinski definition) is 5. The fourth-order valence-corrected chi connectivity index (χ4v) is 2.09. The number of benzene rings is 1. The molecule has 1 aromatic rings. The zero-order chi connectivity index (χ0) is 13.8. The number of rotatable bonds is 8. The Morgan fingerprint density at radius 1 is 1.15 bits per heavy atom. The van der Waals surface area contributed by atoms with Gasteiger partial charge in [0.2, 0.25) is 0 Å². The highest BCUT2D eigenvalue weighted by atomic mass is 16.6. The Bertz CT molecular complexity index is 428. The Morgan fingerprint density at radius 2 is 1.75 bits per heavy atom. The van der Waals surface area contributed by atoms with Crippen LogP contribution in [0.3, 0.4) is 0 Å². The van der Waals surface area contributed by atoms with Gasteiger partial charge in [-0.2, -0.15) is 0 Å². The van der Waals surface area contributed by atoms with Gasteiger partial charge in [-0.25, -0.2) is 0 Å². The number of carbonyl (C=O) groups is 1. The number of hydrogen-bond donors (Lipinski definition) is 0. The molecule has 0 saturated carbocycles. The van der Waals surface area contributed by atoms with Crippen molar-refractivity contribution in [1.82, 2.24) is 4.90 Å². The lowest BCUT2D eigenvalue weighted by molar-refractivity contribution is -0.146. The van der Waals surface area contributed by atoms with Crippen LogP contribution in [0, 0.1) is 0 Å². The first-order valence-electron chi connectivity index (χ1n) is 6.95. The van der Waals surface area contributed by atoms with Gasteiger partial charge < -0.3 is 14.2 Å². The van der Waals surface area contributed by atoms with Crippen LogP contribution < -0.4 is 0 Å². The minimum absolute atomic E-state index is 0.199. The molecule has 2 aliphatic rings. The van der Waals surface area contributed by atoms with Crippen molar-refractivity contribution in [2.75, 3.05) is 32.8 Å². The molecule has 3 rings (SSSR count). The highest BCUT2D eigenvalue weighted by Crippen LogP contribution is 2.15. The van der Waals surface area contributed by atoms with Crippen LogP contribution in [0.2, 0.25) is 0 Å². The van der Waals surface area contributed by atoms with E-state index in [4.69, 9.17) is 14.2 Å². The van der Waals surface area contributed by atoms with E-state index in [1.165, 1.54) is 0 Å². The number of carbonyl (C=O) groups excluding carboxylic acids is 1. The molecule has 1 aromatic carbocycles. The van der Waals surface area contributed by atoms with Gasteiger partial charge in [0.15, 0.2) is 0 Å². The standard InChI is InChI=1S/C15H19NO4/c17-15(20-9-12-4-2-1-3-5-12)8-16(6-13-10-18-13)7-14-11-19-14/h1-5,13-14H,6-11H2. The predicted molar refractivity (Wildman–Crippen MR) is 72.2 cm³/mol. The summed E-state index contributed by atoms with van der Waals surface area (Å²) < 4.78 is 15.7. The van der Waals surface area contributed by atoms with Crippen LogP contribution in [-0.2, 0) is 25.6 Å². The summed E-state index contributed by atoms with van der Waals surface area (Å²) in [6, 6.07) is 9.70. The maximum Gasteiger partial charge on any atom is 0.320 e. The highest BCUT2D eigenvalue weighted by molar-refractivity contribution is 5.71. The van der Waals surface area contributed by atoms with E-state index in [1.54, 1.807) is 0 Å². The average Bonchev–Trinajstić information content (AvgIpc) is 3.34. The summed E-state index contributed by atoms with van der Waals surface area (Å²) in [4.78, 5) is 13.9. The Kier molecular flexibility index (Phi) is 4.30. The van der Waals surface area contributed by atoms with Gasteiger partial charge >= 0.3 is 5.97 Å². The van der Waals surface area contributed by atoms with Gasteiger partial charge in [-0.15, -0.1) is 0 Å². The molecule has 0 bridgehead atoms. The SMILES string of the molecule is O=C(CN(CC1CO1)CC1CO1)OCc1ccccc1. The Balaban J connectivity index is 1.42. The number of esters is 1. The zero-order valence-electron chi connectivity index (χ0n) is 11.4. The van der Waals surface area contributed by atoms with Crippen LogP contribution in [-0.4, -0.2) is 55.9 Å². The van der Waals surface area contributed by atoms with Gasteiger partial charge in [0.05, 0.1) is 32.0 Å². The molecule has 0 N–H and O–H groups in total. The van der Waals surface area contributed by atoms with Crippen molar-refractivity contribution in [3.63, 3.8) is 0 Å². The van der Waals surface area contributed by atoms with E-state index in [9.17, 15) is 4.79 Å². The quantitative estimate of drug-likeness (QED) is 0.520. The third kappa shape index (κ3) is 4.59. The third-order valence-corrected chi connectivity index (χ3v) is 3.32. The lowest BCUT2D eigenvalue weighted by atomic mass is 10.2. The van der Waals surface area contributed by atoms with E-state index in [-0.39, 0.29) is 18.2 Å². The molecule has 108 valence electrons. The molecular weight excluding hydrogens is 258 g/mol. The summed E-state index contributed by atoms with van der Waals surface area (Å²) in [6.45, 7) is 3.77. The maximum atomic E-state index is 11.9. The van der Waals surface area contributed by atoms with E-state index in [0.717, 1.165) is 31.9 Å². The van der Waals surface area contributed by atoms with Crippen molar-refractivity contribution in [3.8, 4) is 0 Å². The van der Waals surface area contributed by atoms with Gasteiger partial charge in [0.1, 0.15) is 6.61 Å². The van der Waals surface area contributed by atoms with E-state index in [2.05, 4.69) is 4.90 Å². The van der Waals surface area contributed by atoms with Crippen molar-refractivity contribution in [3.05, 3.63) is 35.9 Å². The predicted octanol–water partition coefficient (Wildman–Crippen LogP) is 0.829. The van der Waals surface area contributed by atoms with Crippen molar-refractivity contribution >= 4 is 5.97 Å². The fourth-order valence-electron chi connectivity index (χ4n) is 2.09.